The number of hydrogen-bond acceptors (Lipinski definition) is 6. The molecule has 0 spiro atoms. The molecule has 0 saturated carbocycles. The molecule has 0 fully saturated rings. The molecular formula is C21H24N4O3. The molecule has 1 amide bonds. The average Bonchev–Trinajstić information content (AvgIpc) is 3.16. The maximum atomic E-state index is 12.3. The van der Waals surface area contributed by atoms with Gasteiger partial charge in [-0.2, -0.15) is 4.98 Å². The van der Waals surface area contributed by atoms with E-state index in [1.807, 2.05) is 74.4 Å². The van der Waals surface area contributed by atoms with Gasteiger partial charge >= 0.3 is 0 Å². The number of carbonyl (C=O) groups is 1. The third-order valence-electron chi connectivity index (χ3n) is 4.12. The van der Waals surface area contributed by atoms with E-state index in [1.165, 1.54) is 0 Å². The normalized spacial score (nSPS) is 10.5. The van der Waals surface area contributed by atoms with Crippen LogP contribution in [0.2, 0.25) is 0 Å². The molecule has 1 N–H and O–H groups in total. The molecule has 0 bridgehead atoms. The summed E-state index contributed by atoms with van der Waals surface area (Å²) in [7, 11) is 3.87. The first-order chi connectivity index (χ1) is 13.6. The summed E-state index contributed by atoms with van der Waals surface area (Å²) in [6, 6.07) is 15.2. The molecular weight excluding hydrogens is 356 g/mol. The summed E-state index contributed by atoms with van der Waals surface area (Å²) in [5.41, 5.74) is 2.56. The fraction of sp³-hybridized carbons (Fsp3) is 0.286. The van der Waals surface area contributed by atoms with E-state index in [1.54, 1.807) is 0 Å². The van der Waals surface area contributed by atoms with Crippen molar-refractivity contribution in [2.75, 3.05) is 30.9 Å². The van der Waals surface area contributed by atoms with Crippen LogP contribution in [0.4, 0.5) is 11.4 Å². The number of para-hydroxylation sites is 2. The van der Waals surface area contributed by atoms with Crippen molar-refractivity contribution >= 4 is 17.3 Å². The van der Waals surface area contributed by atoms with Crippen LogP contribution in [0.25, 0.3) is 11.4 Å². The molecule has 0 saturated heterocycles. The SMILES string of the molecule is CCOc1ccc(-c2noc(CCC(=O)Nc3ccccc3N(C)C)n2)cc1. The maximum absolute atomic E-state index is 12.3. The van der Waals surface area contributed by atoms with E-state index < -0.39 is 0 Å². The third-order valence-corrected chi connectivity index (χ3v) is 4.12. The number of carbonyl (C=O) groups excluding carboxylic acids is 1. The van der Waals surface area contributed by atoms with Gasteiger partial charge in [0.1, 0.15) is 5.75 Å². The Bertz CT molecular complexity index is 919. The van der Waals surface area contributed by atoms with Crippen molar-refractivity contribution in [2.24, 2.45) is 0 Å². The van der Waals surface area contributed by atoms with Crippen molar-refractivity contribution in [1.82, 2.24) is 10.1 Å². The average molecular weight is 380 g/mol. The van der Waals surface area contributed by atoms with Crippen molar-refractivity contribution in [3.05, 3.63) is 54.4 Å². The monoisotopic (exact) mass is 380 g/mol. The highest BCUT2D eigenvalue weighted by Gasteiger charge is 2.12. The molecule has 0 aliphatic heterocycles. The van der Waals surface area contributed by atoms with Crippen molar-refractivity contribution in [3.8, 4) is 17.1 Å². The number of hydrogen-bond donors (Lipinski definition) is 1. The molecule has 1 heterocycles. The number of ether oxygens (including phenoxy) is 1. The molecule has 146 valence electrons. The molecule has 7 heteroatoms. The zero-order valence-electron chi connectivity index (χ0n) is 16.3. The first kappa shape index (κ1) is 19.4. The van der Waals surface area contributed by atoms with Gasteiger partial charge in [0.05, 0.1) is 18.0 Å². The number of nitrogens with one attached hydrogen (secondary N) is 1. The van der Waals surface area contributed by atoms with Gasteiger partial charge in [-0.25, -0.2) is 0 Å². The van der Waals surface area contributed by atoms with Crippen LogP contribution >= 0.6 is 0 Å². The number of aryl methyl sites for hydroxylation is 1. The van der Waals surface area contributed by atoms with Gasteiger partial charge in [-0.05, 0) is 43.3 Å². The fourth-order valence-electron chi connectivity index (χ4n) is 2.74. The van der Waals surface area contributed by atoms with Crippen LogP contribution in [-0.2, 0) is 11.2 Å². The molecule has 3 aromatic rings. The van der Waals surface area contributed by atoms with Gasteiger partial charge in [-0.3, -0.25) is 4.79 Å². The van der Waals surface area contributed by atoms with Crippen molar-refractivity contribution in [2.45, 2.75) is 19.8 Å². The summed E-state index contributed by atoms with van der Waals surface area (Å²) in [4.78, 5) is 18.6. The second-order valence-corrected chi connectivity index (χ2v) is 6.43. The Morgan fingerprint density at radius 1 is 1.14 bits per heavy atom. The summed E-state index contributed by atoms with van der Waals surface area (Å²) in [6.45, 7) is 2.56. The zero-order valence-corrected chi connectivity index (χ0v) is 16.3. The second kappa shape index (κ2) is 9.03. The second-order valence-electron chi connectivity index (χ2n) is 6.43. The Kier molecular flexibility index (Phi) is 6.26. The van der Waals surface area contributed by atoms with E-state index in [-0.39, 0.29) is 12.3 Å². The molecule has 0 aliphatic carbocycles. The van der Waals surface area contributed by atoms with E-state index in [0.29, 0.717) is 24.7 Å². The van der Waals surface area contributed by atoms with Gasteiger partial charge in [0, 0.05) is 32.5 Å². The highest BCUT2D eigenvalue weighted by Crippen LogP contribution is 2.24. The number of nitrogens with zero attached hydrogens (tertiary/aromatic N) is 3. The zero-order chi connectivity index (χ0) is 19.9. The van der Waals surface area contributed by atoms with Crippen molar-refractivity contribution in [1.29, 1.82) is 0 Å². The Balaban J connectivity index is 1.58. The summed E-state index contributed by atoms with van der Waals surface area (Å²) >= 11 is 0. The highest BCUT2D eigenvalue weighted by atomic mass is 16.5. The summed E-state index contributed by atoms with van der Waals surface area (Å²) in [5, 5.41) is 6.93. The lowest BCUT2D eigenvalue weighted by Crippen LogP contribution is -2.16. The van der Waals surface area contributed by atoms with Crippen molar-refractivity contribution < 1.29 is 14.1 Å². The van der Waals surface area contributed by atoms with Gasteiger partial charge < -0.3 is 19.5 Å². The predicted molar refractivity (Wildman–Crippen MR) is 109 cm³/mol. The molecule has 3 rings (SSSR count). The number of amides is 1. The summed E-state index contributed by atoms with van der Waals surface area (Å²) in [5.74, 6) is 1.62. The topological polar surface area (TPSA) is 80.5 Å². The molecule has 2 aromatic carbocycles. The van der Waals surface area contributed by atoms with Crippen LogP contribution in [0.5, 0.6) is 5.75 Å². The van der Waals surface area contributed by atoms with Crippen LogP contribution in [-0.4, -0.2) is 36.8 Å². The largest absolute Gasteiger partial charge is 0.494 e. The van der Waals surface area contributed by atoms with Gasteiger partial charge in [-0.1, -0.05) is 17.3 Å². The van der Waals surface area contributed by atoms with Gasteiger partial charge in [0.2, 0.25) is 17.6 Å². The van der Waals surface area contributed by atoms with Gasteiger partial charge in [0.15, 0.2) is 0 Å². The minimum Gasteiger partial charge on any atom is -0.494 e. The van der Waals surface area contributed by atoms with E-state index in [0.717, 1.165) is 22.7 Å². The summed E-state index contributed by atoms with van der Waals surface area (Å²) < 4.78 is 10.7. The molecule has 1 aromatic heterocycles. The number of aromatic nitrogens is 2. The molecule has 0 aliphatic rings. The van der Waals surface area contributed by atoms with E-state index in [2.05, 4.69) is 15.5 Å². The Labute approximate surface area is 164 Å². The molecule has 0 atom stereocenters. The van der Waals surface area contributed by atoms with Crippen LogP contribution in [0.15, 0.2) is 53.1 Å². The van der Waals surface area contributed by atoms with E-state index >= 15 is 0 Å². The van der Waals surface area contributed by atoms with E-state index in [4.69, 9.17) is 9.26 Å². The lowest BCUT2D eigenvalue weighted by Gasteiger charge is -2.17. The Hall–Kier alpha value is -3.35. The van der Waals surface area contributed by atoms with Gasteiger partial charge in [-0.15, -0.1) is 0 Å². The molecule has 28 heavy (non-hydrogen) atoms. The highest BCUT2D eigenvalue weighted by molar-refractivity contribution is 5.94. The number of rotatable bonds is 8. The van der Waals surface area contributed by atoms with E-state index in [9.17, 15) is 4.79 Å². The molecule has 0 unspecified atom stereocenters. The quantitative estimate of drug-likeness (QED) is 0.641. The Morgan fingerprint density at radius 2 is 1.89 bits per heavy atom. The standard InChI is InChI=1S/C21H24N4O3/c1-4-27-16-11-9-15(10-12-16)21-23-20(28-24-21)14-13-19(26)22-17-7-5-6-8-18(17)25(2)3/h5-12H,4,13-14H2,1-3H3,(H,22,26). The minimum atomic E-state index is -0.102. The number of benzene rings is 2. The van der Waals surface area contributed by atoms with Gasteiger partial charge in [0.25, 0.3) is 0 Å². The maximum Gasteiger partial charge on any atom is 0.227 e. The van der Waals surface area contributed by atoms with Crippen LogP contribution < -0.4 is 15.0 Å². The lowest BCUT2D eigenvalue weighted by molar-refractivity contribution is -0.116. The van der Waals surface area contributed by atoms with Crippen LogP contribution in [0.3, 0.4) is 0 Å². The summed E-state index contributed by atoms with van der Waals surface area (Å²) in [6.07, 6.45) is 0.632. The van der Waals surface area contributed by atoms with Crippen LogP contribution in [0.1, 0.15) is 19.2 Å². The third kappa shape index (κ3) is 4.88. The molecule has 7 nitrogen and oxygen atoms in total. The van der Waals surface area contributed by atoms with Crippen molar-refractivity contribution in [3.63, 3.8) is 0 Å². The predicted octanol–water partition coefficient (Wildman–Crippen LogP) is 3.77. The lowest BCUT2D eigenvalue weighted by atomic mass is 10.2. The fourth-order valence-corrected chi connectivity index (χ4v) is 2.74. The molecule has 0 radical (unpaired) electrons. The first-order valence-electron chi connectivity index (χ1n) is 9.19. The smallest absolute Gasteiger partial charge is 0.227 e. The minimum absolute atomic E-state index is 0.102. The number of anilines is 2. The Morgan fingerprint density at radius 3 is 2.61 bits per heavy atom. The first-order valence-corrected chi connectivity index (χ1v) is 9.19. The van der Waals surface area contributed by atoms with Crippen LogP contribution in [0, 0.1) is 0 Å².